The Morgan fingerprint density at radius 1 is 0.889 bits per heavy atom. The van der Waals surface area contributed by atoms with Crippen LogP contribution < -0.4 is 0 Å². The Bertz CT molecular complexity index is 979. The van der Waals surface area contributed by atoms with Gasteiger partial charge >= 0.3 is 0 Å². The lowest BCUT2D eigenvalue weighted by Crippen LogP contribution is -2.34. The first kappa shape index (κ1) is 17.0. The Kier molecular flexibility index (Phi) is 4.71. The number of carbonyl (C=O) groups excluding carboxylic acids is 1. The summed E-state index contributed by atoms with van der Waals surface area (Å²) < 4.78 is 5.38. The predicted octanol–water partition coefficient (Wildman–Crippen LogP) is 4.69. The number of ether oxygens (including phenoxy) is 1. The van der Waals surface area contributed by atoms with Crippen LogP contribution in [0.4, 0.5) is 5.69 Å². The monoisotopic (exact) mass is 356 g/mol. The van der Waals surface area contributed by atoms with Gasteiger partial charge in [0.25, 0.3) is 5.91 Å². The van der Waals surface area contributed by atoms with Gasteiger partial charge in [-0.25, -0.2) is 4.99 Å². The van der Waals surface area contributed by atoms with Crippen LogP contribution in [0.1, 0.15) is 15.9 Å². The molecule has 1 amide bonds. The van der Waals surface area contributed by atoms with Gasteiger partial charge in [0.05, 0.1) is 24.9 Å². The molecule has 4 heteroatoms. The molecule has 0 fully saturated rings. The van der Waals surface area contributed by atoms with Crippen molar-refractivity contribution in [3.8, 4) is 11.1 Å². The van der Waals surface area contributed by atoms with Gasteiger partial charge < -0.3 is 9.64 Å². The van der Waals surface area contributed by atoms with E-state index in [4.69, 9.17) is 4.74 Å². The van der Waals surface area contributed by atoms with E-state index in [0.29, 0.717) is 30.2 Å². The topological polar surface area (TPSA) is 41.9 Å². The van der Waals surface area contributed by atoms with Gasteiger partial charge in [-0.2, -0.15) is 0 Å². The molecule has 0 unspecified atom stereocenters. The first-order valence-corrected chi connectivity index (χ1v) is 8.89. The van der Waals surface area contributed by atoms with Crippen molar-refractivity contribution in [1.29, 1.82) is 0 Å². The van der Waals surface area contributed by atoms with E-state index in [-0.39, 0.29) is 5.91 Å². The summed E-state index contributed by atoms with van der Waals surface area (Å²) in [5.41, 5.74) is 4.66. The van der Waals surface area contributed by atoms with E-state index in [0.717, 1.165) is 11.1 Å². The first-order chi connectivity index (χ1) is 13.2. The summed E-state index contributed by atoms with van der Waals surface area (Å²) in [6, 6.07) is 25.9. The molecule has 0 aliphatic carbocycles. The molecule has 0 saturated heterocycles. The molecule has 134 valence electrons. The van der Waals surface area contributed by atoms with Crippen LogP contribution in [0, 0.1) is 0 Å². The molecule has 0 saturated carbocycles. The SMILES string of the molecule is COC1=Nc2ccccc2C(=O)N(Cc2ccc(-c3ccccc3)cc2)C1. The third-order valence-corrected chi connectivity index (χ3v) is 4.66. The van der Waals surface area contributed by atoms with Crippen molar-refractivity contribution in [2.24, 2.45) is 4.99 Å². The summed E-state index contributed by atoms with van der Waals surface area (Å²) in [5.74, 6) is 0.503. The number of amides is 1. The van der Waals surface area contributed by atoms with Crippen molar-refractivity contribution in [3.63, 3.8) is 0 Å². The minimum Gasteiger partial charge on any atom is -0.483 e. The van der Waals surface area contributed by atoms with Gasteiger partial charge in [-0.1, -0.05) is 66.7 Å². The minimum atomic E-state index is -0.0338. The Labute approximate surface area is 158 Å². The molecule has 1 aliphatic heterocycles. The van der Waals surface area contributed by atoms with E-state index >= 15 is 0 Å². The van der Waals surface area contributed by atoms with Crippen LogP contribution in [0.2, 0.25) is 0 Å². The Morgan fingerprint density at radius 3 is 2.30 bits per heavy atom. The number of methoxy groups -OCH3 is 1. The number of benzene rings is 3. The summed E-state index contributed by atoms with van der Waals surface area (Å²) in [4.78, 5) is 19.2. The summed E-state index contributed by atoms with van der Waals surface area (Å²) >= 11 is 0. The second-order valence-electron chi connectivity index (χ2n) is 6.45. The fourth-order valence-corrected chi connectivity index (χ4v) is 3.22. The fourth-order valence-electron chi connectivity index (χ4n) is 3.22. The van der Waals surface area contributed by atoms with Crippen molar-refractivity contribution in [2.45, 2.75) is 6.54 Å². The molecular formula is C23H20N2O2. The highest BCUT2D eigenvalue weighted by Crippen LogP contribution is 2.25. The maximum Gasteiger partial charge on any atom is 0.256 e. The zero-order chi connectivity index (χ0) is 18.6. The quantitative estimate of drug-likeness (QED) is 0.683. The lowest BCUT2D eigenvalue weighted by atomic mass is 10.0. The van der Waals surface area contributed by atoms with Crippen molar-refractivity contribution in [2.75, 3.05) is 13.7 Å². The van der Waals surface area contributed by atoms with E-state index in [1.807, 2.05) is 42.5 Å². The summed E-state index contributed by atoms with van der Waals surface area (Å²) in [7, 11) is 1.59. The number of para-hydroxylation sites is 1. The zero-order valence-corrected chi connectivity index (χ0v) is 15.1. The lowest BCUT2D eigenvalue weighted by molar-refractivity contribution is 0.0764. The molecule has 27 heavy (non-hydrogen) atoms. The highest BCUT2D eigenvalue weighted by molar-refractivity contribution is 6.03. The molecule has 1 aliphatic rings. The minimum absolute atomic E-state index is 0.0338. The van der Waals surface area contributed by atoms with Crippen LogP contribution in [0.15, 0.2) is 83.9 Å². The normalized spacial score (nSPS) is 13.6. The molecule has 0 atom stereocenters. The number of hydrogen-bond donors (Lipinski definition) is 0. The van der Waals surface area contributed by atoms with E-state index in [1.165, 1.54) is 5.56 Å². The molecule has 4 rings (SSSR count). The smallest absolute Gasteiger partial charge is 0.256 e. The molecule has 3 aromatic carbocycles. The lowest BCUT2D eigenvalue weighted by Gasteiger charge is -2.21. The molecule has 0 aromatic heterocycles. The highest BCUT2D eigenvalue weighted by atomic mass is 16.5. The van der Waals surface area contributed by atoms with Crippen molar-refractivity contribution >= 4 is 17.5 Å². The molecule has 0 radical (unpaired) electrons. The summed E-state index contributed by atoms with van der Waals surface area (Å²) in [6.07, 6.45) is 0. The molecule has 0 spiro atoms. The highest BCUT2D eigenvalue weighted by Gasteiger charge is 2.24. The molecule has 0 bridgehead atoms. The van der Waals surface area contributed by atoms with Gasteiger partial charge in [-0.15, -0.1) is 0 Å². The predicted molar refractivity (Wildman–Crippen MR) is 107 cm³/mol. The van der Waals surface area contributed by atoms with Crippen molar-refractivity contribution in [1.82, 2.24) is 4.90 Å². The maximum absolute atomic E-state index is 13.0. The molecule has 0 N–H and O–H groups in total. The molecule has 4 nitrogen and oxygen atoms in total. The van der Waals surface area contributed by atoms with E-state index in [1.54, 1.807) is 12.0 Å². The van der Waals surface area contributed by atoms with Gasteiger partial charge in [-0.3, -0.25) is 4.79 Å². The molecule has 1 heterocycles. The average molecular weight is 356 g/mol. The van der Waals surface area contributed by atoms with Crippen LogP contribution in [0.5, 0.6) is 0 Å². The van der Waals surface area contributed by atoms with Crippen molar-refractivity contribution in [3.05, 3.63) is 90.0 Å². The average Bonchev–Trinajstić information content (AvgIpc) is 2.86. The number of rotatable bonds is 3. The molecule has 3 aromatic rings. The molecular weight excluding hydrogens is 336 g/mol. The van der Waals surface area contributed by atoms with Crippen molar-refractivity contribution < 1.29 is 9.53 Å². The van der Waals surface area contributed by atoms with Crippen LogP contribution >= 0.6 is 0 Å². The number of nitrogens with zero attached hydrogens (tertiary/aromatic N) is 2. The summed E-state index contributed by atoms with van der Waals surface area (Å²) in [6.45, 7) is 0.856. The van der Waals surface area contributed by atoms with Crippen LogP contribution in [0.25, 0.3) is 11.1 Å². The Balaban J connectivity index is 1.59. The first-order valence-electron chi connectivity index (χ1n) is 8.89. The standard InChI is InChI=1S/C23H20N2O2/c1-27-22-16-25(23(26)20-9-5-6-10-21(20)24-22)15-17-11-13-19(14-12-17)18-7-3-2-4-8-18/h2-14H,15-16H2,1H3. The number of carbonyl (C=O) groups is 1. The number of fused-ring (bicyclic) bond motifs is 1. The van der Waals surface area contributed by atoms with Gasteiger partial charge in [0.15, 0.2) is 0 Å². The van der Waals surface area contributed by atoms with Gasteiger partial charge in [0.1, 0.15) is 0 Å². The largest absolute Gasteiger partial charge is 0.483 e. The third-order valence-electron chi connectivity index (χ3n) is 4.66. The van der Waals surface area contributed by atoms with E-state index < -0.39 is 0 Å². The Hall–Kier alpha value is -3.40. The fraction of sp³-hybridized carbons (Fsp3) is 0.130. The zero-order valence-electron chi connectivity index (χ0n) is 15.1. The second kappa shape index (κ2) is 7.46. The van der Waals surface area contributed by atoms with E-state index in [9.17, 15) is 4.79 Å². The van der Waals surface area contributed by atoms with Gasteiger partial charge in [0, 0.05) is 6.54 Å². The Morgan fingerprint density at radius 2 is 1.56 bits per heavy atom. The number of aliphatic imine (C=N–C) groups is 1. The van der Waals surface area contributed by atoms with Crippen LogP contribution in [0.3, 0.4) is 0 Å². The van der Waals surface area contributed by atoms with Crippen LogP contribution in [-0.2, 0) is 11.3 Å². The second-order valence-corrected chi connectivity index (χ2v) is 6.45. The maximum atomic E-state index is 13.0. The van der Waals surface area contributed by atoms with E-state index in [2.05, 4.69) is 41.4 Å². The summed E-state index contributed by atoms with van der Waals surface area (Å²) in [5, 5.41) is 0. The van der Waals surface area contributed by atoms with Gasteiger partial charge in [-0.05, 0) is 28.8 Å². The van der Waals surface area contributed by atoms with Crippen LogP contribution in [-0.4, -0.2) is 30.4 Å². The van der Waals surface area contributed by atoms with Gasteiger partial charge in [0.2, 0.25) is 5.90 Å². The number of hydrogen-bond acceptors (Lipinski definition) is 3. The third kappa shape index (κ3) is 3.60.